The molecule has 0 saturated carbocycles. The SMILES string of the molecule is CC(C)C(C)(CC(=O)N1CCCCCC1CO)C(=O)O. The van der Waals surface area contributed by atoms with E-state index in [1.807, 2.05) is 13.8 Å². The van der Waals surface area contributed by atoms with Crippen LogP contribution in [0, 0.1) is 11.3 Å². The van der Waals surface area contributed by atoms with E-state index in [-0.39, 0.29) is 30.9 Å². The van der Waals surface area contributed by atoms with Gasteiger partial charge in [0.1, 0.15) is 0 Å². The molecule has 1 amide bonds. The number of nitrogens with zero attached hydrogens (tertiary/aromatic N) is 1. The van der Waals surface area contributed by atoms with Gasteiger partial charge in [0.15, 0.2) is 0 Å². The predicted octanol–water partition coefficient (Wildman–Crippen LogP) is 1.89. The highest BCUT2D eigenvalue weighted by Gasteiger charge is 2.40. The number of carboxylic acid groups (broad SMARTS) is 1. The van der Waals surface area contributed by atoms with Crippen LogP contribution in [0.15, 0.2) is 0 Å². The Morgan fingerprint density at radius 2 is 1.95 bits per heavy atom. The summed E-state index contributed by atoms with van der Waals surface area (Å²) in [7, 11) is 0. The molecule has 0 aromatic rings. The zero-order chi connectivity index (χ0) is 15.3. The van der Waals surface area contributed by atoms with Gasteiger partial charge in [-0.1, -0.05) is 26.7 Å². The summed E-state index contributed by atoms with van der Waals surface area (Å²) in [4.78, 5) is 25.7. The fourth-order valence-corrected chi connectivity index (χ4v) is 2.64. The maximum atomic E-state index is 12.5. The van der Waals surface area contributed by atoms with Gasteiger partial charge in [-0.3, -0.25) is 9.59 Å². The molecule has 2 N–H and O–H groups in total. The quantitative estimate of drug-likeness (QED) is 0.808. The molecule has 2 atom stereocenters. The summed E-state index contributed by atoms with van der Waals surface area (Å²) in [6, 6.07) is -0.157. The molecule has 1 saturated heterocycles. The van der Waals surface area contributed by atoms with Crippen molar-refractivity contribution in [1.82, 2.24) is 4.90 Å². The minimum Gasteiger partial charge on any atom is -0.481 e. The smallest absolute Gasteiger partial charge is 0.310 e. The Labute approximate surface area is 121 Å². The molecule has 0 aliphatic carbocycles. The highest BCUT2D eigenvalue weighted by Crippen LogP contribution is 2.33. The molecule has 1 fully saturated rings. The van der Waals surface area contributed by atoms with Crippen LogP contribution in [0.25, 0.3) is 0 Å². The van der Waals surface area contributed by atoms with Gasteiger partial charge in [0.05, 0.1) is 18.1 Å². The third-order valence-corrected chi connectivity index (χ3v) is 4.69. The second-order valence-electron chi connectivity index (χ2n) is 6.33. The van der Waals surface area contributed by atoms with E-state index in [0.717, 1.165) is 25.7 Å². The van der Waals surface area contributed by atoms with E-state index in [0.29, 0.717) is 6.54 Å². The van der Waals surface area contributed by atoms with Crippen LogP contribution in [-0.4, -0.2) is 46.2 Å². The monoisotopic (exact) mass is 285 g/mol. The molecule has 1 rings (SSSR count). The second-order valence-corrected chi connectivity index (χ2v) is 6.33. The van der Waals surface area contributed by atoms with E-state index in [4.69, 9.17) is 0 Å². The van der Waals surface area contributed by atoms with Gasteiger partial charge in [-0.15, -0.1) is 0 Å². The summed E-state index contributed by atoms with van der Waals surface area (Å²) in [6.07, 6.45) is 3.79. The molecule has 5 heteroatoms. The minimum atomic E-state index is -1.05. The average molecular weight is 285 g/mol. The van der Waals surface area contributed by atoms with Crippen molar-refractivity contribution in [3.63, 3.8) is 0 Å². The molecular formula is C15H27NO4. The fourth-order valence-electron chi connectivity index (χ4n) is 2.64. The van der Waals surface area contributed by atoms with Crippen LogP contribution in [0.3, 0.4) is 0 Å². The number of likely N-dealkylation sites (tertiary alicyclic amines) is 1. The van der Waals surface area contributed by atoms with Gasteiger partial charge in [-0.25, -0.2) is 0 Å². The first-order valence-electron chi connectivity index (χ1n) is 7.46. The number of aliphatic hydroxyl groups is 1. The van der Waals surface area contributed by atoms with Crippen LogP contribution in [0.4, 0.5) is 0 Å². The first-order chi connectivity index (χ1) is 9.32. The molecule has 0 bridgehead atoms. The Kier molecular flexibility index (Phi) is 5.99. The highest BCUT2D eigenvalue weighted by molar-refractivity contribution is 5.85. The van der Waals surface area contributed by atoms with Crippen molar-refractivity contribution in [2.24, 2.45) is 11.3 Å². The molecule has 0 aromatic carbocycles. The number of aliphatic carboxylic acids is 1. The van der Waals surface area contributed by atoms with Crippen molar-refractivity contribution in [2.75, 3.05) is 13.2 Å². The summed E-state index contributed by atoms with van der Waals surface area (Å²) < 4.78 is 0. The Morgan fingerprint density at radius 1 is 1.30 bits per heavy atom. The van der Waals surface area contributed by atoms with Crippen molar-refractivity contribution in [2.45, 2.75) is 58.9 Å². The van der Waals surface area contributed by atoms with Crippen LogP contribution in [0.1, 0.15) is 52.9 Å². The maximum Gasteiger partial charge on any atom is 0.310 e. The summed E-state index contributed by atoms with van der Waals surface area (Å²) in [5, 5.41) is 18.9. The van der Waals surface area contributed by atoms with Gasteiger partial charge < -0.3 is 15.1 Å². The van der Waals surface area contributed by atoms with Gasteiger partial charge in [0.25, 0.3) is 0 Å². The zero-order valence-corrected chi connectivity index (χ0v) is 12.8. The highest BCUT2D eigenvalue weighted by atomic mass is 16.4. The Hall–Kier alpha value is -1.10. The number of carbonyl (C=O) groups excluding carboxylic acids is 1. The van der Waals surface area contributed by atoms with E-state index >= 15 is 0 Å². The van der Waals surface area contributed by atoms with E-state index < -0.39 is 11.4 Å². The molecule has 5 nitrogen and oxygen atoms in total. The summed E-state index contributed by atoms with van der Waals surface area (Å²) in [6.45, 7) is 5.86. The summed E-state index contributed by atoms with van der Waals surface area (Å²) in [5.41, 5.74) is -1.05. The normalized spacial score (nSPS) is 23.2. The summed E-state index contributed by atoms with van der Waals surface area (Å²) in [5.74, 6) is -1.20. The third kappa shape index (κ3) is 3.72. The van der Waals surface area contributed by atoms with Crippen molar-refractivity contribution < 1.29 is 19.8 Å². The standard InChI is InChI=1S/C15H27NO4/c1-11(2)15(3,14(19)20)9-13(18)16-8-6-4-5-7-12(16)10-17/h11-12,17H,4-10H2,1-3H3,(H,19,20). The molecule has 2 unspecified atom stereocenters. The zero-order valence-electron chi connectivity index (χ0n) is 12.8. The number of carbonyl (C=O) groups is 2. The first kappa shape index (κ1) is 17.0. The van der Waals surface area contributed by atoms with Crippen LogP contribution >= 0.6 is 0 Å². The average Bonchev–Trinajstić information content (AvgIpc) is 2.62. The van der Waals surface area contributed by atoms with Crippen LogP contribution in [-0.2, 0) is 9.59 Å². The lowest BCUT2D eigenvalue weighted by Gasteiger charge is -2.34. The number of aliphatic hydroxyl groups excluding tert-OH is 1. The number of hydrogen-bond acceptors (Lipinski definition) is 3. The lowest BCUT2D eigenvalue weighted by molar-refractivity contribution is -0.156. The number of hydrogen-bond donors (Lipinski definition) is 2. The number of rotatable bonds is 5. The Balaban J connectivity index is 2.84. The molecular weight excluding hydrogens is 258 g/mol. The predicted molar refractivity (Wildman–Crippen MR) is 76.3 cm³/mol. The topological polar surface area (TPSA) is 77.8 Å². The largest absolute Gasteiger partial charge is 0.481 e. The van der Waals surface area contributed by atoms with Crippen molar-refractivity contribution in [3.05, 3.63) is 0 Å². The van der Waals surface area contributed by atoms with Gasteiger partial charge in [-0.2, -0.15) is 0 Å². The lowest BCUT2D eigenvalue weighted by atomic mass is 9.76. The number of amides is 1. The lowest BCUT2D eigenvalue weighted by Crippen LogP contribution is -2.46. The van der Waals surface area contributed by atoms with Crippen molar-refractivity contribution in [3.8, 4) is 0 Å². The van der Waals surface area contributed by atoms with Gasteiger partial charge >= 0.3 is 5.97 Å². The van der Waals surface area contributed by atoms with Crippen LogP contribution in [0.2, 0.25) is 0 Å². The summed E-state index contributed by atoms with van der Waals surface area (Å²) >= 11 is 0. The number of carboxylic acids is 1. The maximum absolute atomic E-state index is 12.5. The van der Waals surface area contributed by atoms with Gasteiger partial charge in [0.2, 0.25) is 5.91 Å². The van der Waals surface area contributed by atoms with E-state index in [2.05, 4.69) is 0 Å². The molecule has 1 aliphatic heterocycles. The van der Waals surface area contributed by atoms with E-state index in [1.165, 1.54) is 0 Å². The molecule has 0 radical (unpaired) electrons. The van der Waals surface area contributed by atoms with E-state index in [9.17, 15) is 19.8 Å². The van der Waals surface area contributed by atoms with Crippen LogP contribution in [0.5, 0.6) is 0 Å². The third-order valence-electron chi connectivity index (χ3n) is 4.69. The van der Waals surface area contributed by atoms with Gasteiger partial charge in [-0.05, 0) is 25.7 Å². The van der Waals surface area contributed by atoms with Crippen molar-refractivity contribution in [1.29, 1.82) is 0 Å². The molecule has 1 heterocycles. The molecule has 116 valence electrons. The van der Waals surface area contributed by atoms with Gasteiger partial charge in [0, 0.05) is 13.0 Å². The molecule has 0 aromatic heterocycles. The van der Waals surface area contributed by atoms with Crippen molar-refractivity contribution >= 4 is 11.9 Å². The Morgan fingerprint density at radius 3 is 2.45 bits per heavy atom. The first-order valence-corrected chi connectivity index (χ1v) is 7.46. The second kappa shape index (κ2) is 7.07. The minimum absolute atomic E-state index is 0.00347. The van der Waals surface area contributed by atoms with Crippen LogP contribution < -0.4 is 0 Å². The fraction of sp³-hybridized carbons (Fsp3) is 0.867. The molecule has 0 spiro atoms. The van der Waals surface area contributed by atoms with E-state index in [1.54, 1.807) is 11.8 Å². The molecule has 1 aliphatic rings. The molecule has 20 heavy (non-hydrogen) atoms. The Bertz CT molecular complexity index is 356.